The number of likely N-dealkylation sites (N-methyl/N-ethyl adjacent to an activating group) is 1. The van der Waals surface area contributed by atoms with Crippen LogP contribution in [0.1, 0.15) is 15.4 Å². The van der Waals surface area contributed by atoms with Gasteiger partial charge in [0.15, 0.2) is 5.69 Å². The van der Waals surface area contributed by atoms with E-state index in [1.165, 1.54) is 4.88 Å². The molecule has 0 saturated carbocycles. The summed E-state index contributed by atoms with van der Waals surface area (Å²) in [7, 11) is 3.54. The first-order valence-corrected chi connectivity index (χ1v) is 6.88. The van der Waals surface area contributed by atoms with Gasteiger partial charge in [-0.2, -0.15) is 0 Å². The van der Waals surface area contributed by atoms with Crippen molar-refractivity contribution in [1.29, 1.82) is 0 Å². The van der Waals surface area contributed by atoms with Crippen LogP contribution >= 0.6 is 11.3 Å². The number of rotatable bonds is 5. The number of carbonyl (C=O) groups excluding carboxylic acids is 1. The van der Waals surface area contributed by atoms with E-state index in [0.29, 0.717) is 18.1 Å². The van der Waals surface area contributed by atoms with Crippen LogP contribution in [-0.4, -0.2) is 41.6 Å². The molecule has 2 aromatic rings. The summed E-state index contributed by atoms with van der Waals surface area (Å²) in [6.07, 6.45) is 0.863. The van der Waals surface area contributed by atoms with Crippen LogP contribution in [0.5, 0.6) is 0 Å². The van der Waals surface area contributed by atoms with Gasteiger partial charge in [-0.3, -0.25) is 4.79 Å². The summed E-state index contributed by atoms with van der Waals surface area (Å²) >= 11 is 1.70. The van der Waals surface area contributed by atoms with Crippen LogP contribution < -0.4 is 5.32 Å². The second-order valence-electron chi connectivity index (χ2n) is 4.11. The number of aromatic nitrogens is 2. The van der Waals surface area contributed by atoms with Crippen LogP contribution in [0.25, 0.3) is 0 Å². The number of hydrogen-bond acceptors (Lipinski definition) is 5. The van der Waals surface area contributed by atoms with Crippen molar-refractivity contribution in [2.45, 2.75) is 6.42 Å². The van der Waals surface area contributed by atoms with Gasteiger partial charge in [0.25, 0.3) is 5.91 Å². The predicted octanol–water partition coefficient (Wildman–Crippen LogP) is 1.89. The molecule has 0 bridgehead atoms. The van der Waals surface area contributed by atoms with Gasteiger partial charge < -0.3 is 10.2 Å². The van der Waals surface area contributed by atoms with Crippen LogP contribution in [0.15, 0.2) is 29.6 Å². The zero-order valence-electron chi connectivity index (χ0n) is 11.0. The number of thiophene rings is 1. The first kappa shape index (κ1) is 13.5. The Kier molecular flexibility index (Phi) is 4.46. The van der Waals surface area contributed by atoms with E-state index in [-0.39, 0.29) is 5.91 Å². The minimum atomic E-state index is -0.105. The van der Waals surface area contributed by atoms with Gasteiger partial charge in [-0.05, 0) is 30.0 Å². The van der Waals surface area contributed by atoms with E-state index in [4.69, 9.17) is 0 Å². The minimum absolute atomic E-state index is 0.105. The molecule has 6 heteroatoms. The normalized spacial score (nSPS) is 10.2. The molecule has 0 aliphatic rings. The molecule has 100 valence electrons. The molecular formula is C13H16N4OS. The van der Waals surface area contributed by atoms with Gasteiger partial charge in [0, 0.05) is 25.5 Å². The maximum absolute atomic E-state index is 12.1. The van der Waals surface area contributed by atoms with Crippen LogP contribution in [-0.2, 0) is 6.42 Å². The number of carbonyl (C=O) groups is 1. The van der Waals surface area contributed by atoms with Crippen LogP contribution in [0.2, 0.25) is 0 Å². The number of amides is 1. The smallest absolute Gasteiger partial charge is 0.274 e. The van der Waals surface area contributed by atoms with Crippen molar-refractivity contribution in [2.75, 3.05) is 26.0 Å². The zero-order valence-corrected chi connectivity index (χ0v) is 11.8. The molecule has 1 amide bonds. The second kappa shape index (κ2) is 6.29. The molecule has 19 heavy (non-hydrogen) atoms. The van der Waals surface area contributed by atoms with Crippen molar-refractivity contribution in [2.24, 2.45) is 0 Å². The van der Waals surface area contributed by atoms with Crippen molar-refractivity contribution >= 4 is 23.1 Å². The molecule has 0 spiro atoms. The second-order valence-corrected chi connectivity index (χ2v) is 5.14. The summed E-state index contributed by atoms with van der Waals surface area (Å²) in [6.45, 7) is 0.675. The molecule has 0 aromatic carbocycles. The lowest BCUT2D eigenvalue weighted by molar-refractivity contribution is 0.0790. The molecule has 5 nitrogen and oxygen atoms in total. The molecule has 0 aliphatic carbocycles. The molecule has 0 radical (unpaired) electrons. The molecular weight excluding hydrogens is 260 g/mol. The molecule has 0 unspecified atom stereocenters. The van der Waals surface area contributed by atoms with E-state index >= 15 is 0 Å². The molecule has 0 atom stereocenters. The van der Waals surface area contributed by atoms with Crippen LogP contribution in [0.4, 0.5) is 5.82 Å². The highest BCUT2D eigenvalue weighted by Gasteiger charge is 2.13. The van der Waals surface area contributed by atoms with E-state index in [1.54, 1.807) is 42.5 Å². The Labute approximate surface area is 116 Å². The van der Waals surface area contributed by atoms with E-state index in [1.807, 2.05) is 11.4 Å². The standard InChI is InChI=1S/C13H16N4OS/c1-14-12-6-5-11(15-16-12)13(18)17(2)8-7-10-4-3-9-19-10/h3-6,9H,7-8H2,1-2H3,(H,14,16). The summed E-state index contributed by atoms with van der Waals surface area (Å²) in [5.74, 6) is 0.546. The molecule has 2 aromatic heterocycles. The quantitative estimate of drug-likeness (QED) is 0.906. The number of nitrogens with one attached hydrogen (secondary N) is 1. The Balaban J connectivity index is 1.94. The summed E-state index contributed by atoms with van der Waals surface area (Å²) < 4.78 is 0. The molecule has 1 N–H and O–H groups in total. The SMILES string of the molecule is CNc1ccc(C(=O)N(C)CCc2cccs2)nn1. The van der Waals surface area contributed by atoms with Gasteiger partial charge in [0.05, 0.1) is 0 Å². The number of hydrogen-bond donors (Lipinski definition) is 1. The highest BCUT2D eigenvalue weighted by molar-refractivity contribution is 7.09. The fourth-order valence-electron chi connectivity index (χ4n) is 1.61. The van der Waals surface area contributed by atoms with E-state index < -0.39 is 0 Å². The Morgan fingerprint density at radius 1 is 1.37 bits per heavy atom. The van der Waals surface area contributed by atoms with E-state index in [9.17, 15) is 4.79 Å². The van der Waals surface area contributed by atoms with Gasteiger partial charge in [0.2, 0.25) is 0 Å². The molecule has 0 fully saturated rings. The van der Waals surface area contributed by atoms with Crippen molar-refractivity contribution < 1.29 is 4.79 Å². The van der Waals surface area contributed by atoms with Gasteiger partial charge in [-0.25, -0.2) is 0 Å². The topological polar surface area (TPSA) is 58.1 Å². The molecule has 2 rings (SSSR count). The van der Waals surface area contributed by atoms with Crippen molar-refractivity contribution in [3.63, 3.8) is 0 Å². The monoisotopic (exact) mass is 276 g/mol. The number of nitrogens with zero attached hydrogens (tertiary/aromatic N) is 3. The highest BCUT2D eigenvalue weighted by atomic mass is 32.1. The first-order chi connectivity index (χ1) is 9.20. The third kappa shape index (κ3) is 3.51. The Hall–Kier alpha value is -1.95. The summed E-state index contributed by atoms with van der Waals surface area (Å²) in [4.78, 5) is 15.1. The van der Waals surface area contributed by atoms with Crippen LogP contribution in [0, 0.1) is 0 Å². The van der Waals surface area contributed by atoms with E-state index in [0.717, 1.165) is 6.42 Å². The van der Waals surface area contributed by atoms with Gasteiger partial charge in [0.1, 0.15) is 5.82 Å². The van der Waals surface area contributed by atoms with Crippen molar-refractivity contribution in [3.8, 4) is 0 Å². The highest BCUT2D eigenvalue weighted by Crippen LogP contribution is 2.10. The molecule has 0 saturated heterocycles. The largest absolute Gasteiger partial charge is 0.372 e. The maximum Gasteiger partial charge on any atom is 0.274 e. The lowest BCUT2D eigenvalue weighted by Crippen LogP contribution is -2.29. The van der Waals surface area contributed by atoms with Gasteiger partial charge in [-0.1, -0.05) is 6.07 Å². The minimum Gasteiger partial charge on any atom is -0.372 e. The van der Waals surface area contributed by atoms with Crippen molar-refractivity contribution in [1.82, 2.24) is 15.1 Å². The summed E-state index contributed by atoms with van der Waals surface area (Å²) in [5.41, 5.74) is 0.368. The van der Waals surface area contributed by atoms with Gasteiger partial charge >= 0.3 is 0 Å². The average molecular weight is 276 g/mol. The average Bonchev–Trinajstić information content (AvgIpc) is 2.97. The first-order valence-electron chi connectivity index (χ1n) is 6.00. The fraction of sp³-hybridized carbons (Fsp3) is 0.308. The van der Waals surface area contributed by atoms with E-state index in [2.05, 4.69) is 21.6 Å². The Morgan fingerprint density at radius 3 is 2.79 bits per heavy atom. The predicted molar refractivity (Wildman–Crippen MR) is 76.6 cm³/mol. The fourth-order valence-corrected chi connectivity index (χ4v) is 2.31. The Bertz CT molecular complexity index is 524. The summed E-state index contributed by atoms with van der Waals surface area (Å²) in [6, 6.07) is 7.52. The van der Waals surface area contributed by atoms with Crippen LogP contribution in [0.3, 0.4) is 0 Å². The molecule has 2 heterocycles. The van der Waals surface area contributed by atoms with Gasteiger partial charge in [-0.15, -0.1) is 21.5 Å². The third-order valence-electron chi connectivity index (χ3n) is 2.76. The summed E-state index contributed by atoms with van der Waals surface area (Å²) in [5, 5.41) is 12.7. The molecule has 0 aliphatic heterocycles. The maximum atomic E-state index is 12.1. The number of anilines is 1. The van der Waals surface area contributed by atoms with Crippen molar-refractivity contribution in [3.05, 3.63) is 40.2 Å². The lowest BCUT2D eigenvalue weighted by atomic mass is 10.3. The zero-order chi connectivity index (χ0) is 13.7. The Morgan fingerprint density at radius 2 is 2.21 bits per heavy atom. The third-order valence-corrected chi connectivity index (χ3v) is 3.70. The lowest BCUT2D eigenvalue weighted by Gasteiger charge is -2.15.